The van der Waals surface area contributed by atoms with Gasteiger partial charge in [0.05, 0.1) is 26.6 Å². The molecule has 1 saturated heterocycles. The van der Waals surface area contributed by atoms with Crippen molar-refractivity contribution < 1.29 is 19.0 Å². The van der Waals surface area contributed by atoms with Crippen LogP contribution in [0, 0.1) is 11.7 Å². The van der Waals surface area contributed by atoms with Gasteiger partial charge < -0.3 is 14.7 Å². The second kappa shape index (κ2) is 5.40. The third-order valence-corrected chi connectivity index (χ3v) is 3.93. The van der Waals surface area contributed by atoms with E-state index in [9.17, 15) is 14.3 Å². The summed E-state index contributed by atoms with van der Waals surface area (Å²) in [5.41, 5.74) is -0.172. The molecule has 1 aliphatic rings. The number of aliphatic hydroxyl groups is 1. The minimum atomic E-state index is -0.777. The summed E-state index contributed by atoms with van der Waals surface area (Å²) in [6.45, 7) is 4.56. The molecule has 0 unspecified atom stereocenters. The van der Waals surface area contributed by atoms with Crippen LogP contribution in [0.25, 0.3) is 0 Å². The number of methoxy groups -OCH3 is 1. The number of rotatable bonds is 4. The summed E-state index contributed by atoms with van der Waals surface area (Å²) in [6, 6.07) is 4.50. The molecule has 1 aliphatic heterocycles. The minimum absolute atomic E-state index is 0.0973. The molecule has 1 aromatic carbocycles. The number of halogens is 1. The number of benzene rings is 1. The summed E-state index contributed by atoms with van der Waals surface area (Å²) in [5, 5.41) is 10.1. The fourth-order valence-corrected chi connectivity index (χ4v) is 2.26. The van der Waals surface area contributed by atoms with E-state index < -0.39 is 11.4 Å². The Morgan fingerprint density at radius 2 is 2.15 bits per heavy atom. The number of carbonyl (C=O) groups excluding carboxylic acids is 1. The van der Waals surface area contributed by atoms with Crippen LogP contribution in [0.1, 0.15) is 19.4 Å². The molecule has 1 amide bonds. The first-order chi connectivity index (χ1) is 9.35. The second-order valence-corrected chi connectivity index (χ2v) is 5.65. The van der Waals surface area contributed by atoms with Gasteiger partial charge in [-0.1, -0.05) is 19.9 Å². The maximum absolute atomic E-state index is 13.5. The van der Waals surface area contributed by atoms with Gasteiger partial charge in [-0.15, -0.1) is 0 Å². The average Bonchev–Trinajstić information content (AvgIpc) is 2.34. The lowest BCUT2D eigenvalue weighted by molar-refractivity contribution is -0.163. The SMILES string of the molecule is COc1ccc(CC(=O)N2CC(O)(C(C)C)C2)cc1F. The number of ether oxygens (including phenoxy) is 1. The topological polar surface area (TPSA) is 49.8 Å². The summed E-state index contributed by atoms with van der Waals surface area (Å²) >= 11 is 0. The van der Waals surface area contributed by atoms with Crippen LogP contribution in [0.5, 0.6) is 5.75 Å². The molecule has 1 fully saturated rings. The molecular weight excluding hydrogens is 261 g/mol. The third kappa shape index (κ3) is 2.77. The Morgan fingerprint density at radius 3 is 2.65 bits per heavy atom. The van der Waals surface area contributed by atoms with Gasteiger partial charge in [0.25, 0.3) is 0 Å². The van der Waals surface area contributed by atoms with E-state index in [-0.39, 0.29) is 24.0 Å². The molecule has 0 saturated carbocycles. The summed E-state index contributed by atoms with van der Waals surface area (Å²) in [6.07, 6.45) is 0.134. The molecule has 1 aromatic rings. The van der Waals surface area contributed by atoms with Gasteiger partial charge >= 0.3 is 0 Å². The van der Waals surface area contributed by atoms with Crippen molar-refractivity contribution in [1.82, 2.24) is 4.90 Å². The lowest BCUT2D eigenvalue weighted by Crippen LogP contribution is -2.66. The van der Waals surface area contributed by atoms with Gasteiger partial charge in [0.1, 0.15) is 5.60 Å². The van der Waals surface area contributed by atoms with Gasteiger partial charge in [0, 0.05) is 0 Å². The van der Waals surface area contributed by atoms with Crippen LogP contribution >= 0.6 is 0 Å². The number of hydrogen-bond donors (Lipinski definition) is 1. The number of hydrogen-bond acceptors (Lipinski definition) is 3. The first-order valence-electron chi connectivity index (χ1n) is 6.68. The highest BCUT2D eigenvalue weighted by molar-refractivity contribution is 5.80. The maximum Gasteiger partial charge on any atom is 0.227 e. The number of β-amino-alcohol motifs (C(OH)–C–C–N with tert-alkyl or cyclic N) is 1. The Morgan fingerprint density at radius 1 is 1.50 bits per heavy atom. The minimum Gasteiger partial charge on any atom is -0.494 e. The molecule has 0 aromatic heterocycles. The molecule has 110 valence electrons. The Hall–Kier alpha value is -1.62. The number of carbonyl (C=O) groups is 1. The average molecular weight is 281 g/mol. The van der Waals surface area contributed by atoms with Crippen LogP contribution in [0.15, 0.2) is 18.2 Å². The Bertz CT molecular complexity index is 510. The van der Waals surface area contributed by atoms with E-state index >= 15 is 0 Å². The molecule has 0 radical (unpaired) electrons. The van der Waals surface area contributed by atoms with Crippen LogP contribution in [0.4, 0.5) is 4.39 Å². The Labute approximate surface area is 118 Å². The van der Waals surface area contributed by atoms with Crippen molar-refractivity contribution in [2.75, 3.05) is 20.2 Å². The van der Waals surface area contributed by atoms with Crippen LogP contribution in [0.2, 0.25) is 0 Å². The van der Waals surface area contributed by atoms with Gasteiger partial charge in [-0.2, -0.15) is 0 Å². The quantitative estimate of drug-likeness (QED) is 0.912. The normalized spacial score (nSPS) is 17.0. The molecule has 1 heterocycles. The monoisotopic (exact) mass is 281 g/mol. The van der Waals surface area contributed by atoms with Crippen molar-refractivity contribution in [3.63, 3.8) is 0 Å². The zero-order valence-corrected chi connectivity index (χ0v) is 12.0. The molecule has 0 atom stereocenters. The molecule has 0 aliphatic carbocycles. The van der Waals surface area contributed by atoms with Gasteiger partial charge in [-0.05, 0) is 23.6 Å². The second-order valence-electron chi connectivity index (χ2n) is 5.65. The van der Waals surface area contributed by atoms with Crippen molar-refractivity contribution in [2.45, 2.75) is 25.9 Å². The summed E-state index contributed by atoms with van der Waals surface area (Å²) < 4.78 is 18.4. The van der Waals surface area contributed by atoms with E-state index in [4.69, 9.17) is 4.74 Å². The summed E-state index contributed by atoms with van der Waals surface area (Å²) in [7, 11) is 1.40. The molecular formula is C15H20FNO3. The van der Waals surface area contributed by atoms with Gasteiger partial charge in [-0.25, -0.2) is 4.39 Å². The summed E-state index contributed by atoms with van der Waals surface area (Å²) in [5.74, 6) is -0.288. The lowest BCUT2D eigenvalue weighted by atomic mass is 9.83. The first-order valence-corrected chi connectivity index (χ1v) is 6.68. The van der Waals surface area contributed by atoms with Crippen molar-refractivity contribution in [2.24, 2.45) is 5.92 Å². The van der Waals surface area contributed by atoms with E-state index in [1.54, 1.807) is 11.0 Å². The number of likely N-dealkylation sites (tertiary alicyclic amines) is 1. The van der Waals surface area contributed by atoms with E-state index in [2.05, 4.69) is 0 Å². The van der Waals surface area contributed by atoms with E-state index in [0.717, 1.165) is 0 Å². The molecule has 20 heavy (non-hydrogen) atoms. The predicted molar refractivity (Wildman–Crippen MR) is 73.0 cm³/mol. The molecule has 0 spiro atoms. The van der Waals surface area contributed by atoms with E-state index in [1.165, 1.54) is 19.2 Å². The largest absolute Gasteiger partial charge is 0.494 e. The highest BCUT2D eigenvalue weighted by atomic mass is 19.1. The molecule has 5 heteroatoms. The molecule has 2 rings (SSSR count). The summed E-state index contributed by atoms with van der Waals surface area (Å²) in [4.78, 5) is 13.6. The van der Waals surface area contributed by atoms with Crippen molar-refractivity contribution in [3.8, 4) is 5.75 Å². The van der Waals surface area contributed by atoms with Gasteiger partial charge in [0.15, 0.2) is 11.6 Å². The van der Waals surface area contributed by atoms with Crippen molar-refractivity contribution >= 4 is 5.91 Å². The van der Waals surface area contributed by atoms with Crippen LogP contribution in [0.3, 0.4) is 0 Å². The third-order valence-electron chi connectivity index (χ3n) is 3.93. The maximum atomic E-state index is 13.5. The fraction of sp³-hybridized carbons (Fsp3) is 0.533. The van der Waals surface area contributed by atoms with Crippen LogP contribution < -0.4 is 4.74 Å². The standard InChI is InChI=1S/C15H20FNO3/c1-10(2)15(19)8-17(9-15)14(18)7-11-4-5-13(20-3)12(16)6-11/h4-6,10,19H,7-9H2,1-3H3. The van der Waals surface area contributed by atoms with Crippen LogP contribution in [-0.2, 0) is 11.2 Å². The Kier molecular flexibility index (Phi) is 3.99. The zero-order chi connectivity index (χ0) is 14.9. The number of amides is 1. The van der Waals surface area contributed by atoms with E-state index in [0.29, 0.717) is 18.7 Å². The molecule has 4 nitrogen and oxygen atoms in total. The van der Waals surface area contributed by atoms with Crippen molar-refractivity contribution in [1.29, 1.82) is 0 Å². The molecule has 1 N–H and O–H groups in total. The van der Waals surface area contributed by atoms with Gasteiger partial charge in [0.2, 0.25) is 5.91 Å². The highest BCUT2D eigenvalue weighted by Gasteiger charge is 2.45. The predicted octanol–water partition coefficient (Wildman–Crippen LogP) is 1.61. The van der Waals surface area contributed by atoms with Crippen LogP contribution in [-0.4, -0.2) is 41.7 Å². The zero-order valence-electron chi connectivity index (χ0n) is 12.0. The highest BCUT2D eigenvalue weighted by Crippen LogP contribution is 2.29. The van der Waals surface area contributed by atoms with Gasteiger partial charge in [-0.3, -0.25) is 4.79 Å². The Balaban J connectivity index is 1.95. The smallest absolute Gasteiger partial charge is 0.227 e. The van der Waals surface area contributed by atoms with E-state index in [1.807, 2.05) is 13.8 Å². The lowest BCUT2D eigenvalue weighted by Gasteiger charge is -2.49. The molecule has 0 bridgehead atoms. The van der Waals surface area contributed by atoms with Crippen molar-refractivity contribution in [3.05, 3.63) is 29.6 Å². The first kappa shape index (κ1) is 14.8. The number of nitrogens with zero attached hydrogens (tertiary/aromatic N) is 1. The fourth-order valence-electron chi connectivity index (χ4n) is 2.26.